The summed E-state index contributed by atoms with van der Waals surface area (Å²) in [6, 6.07) is 15.1. The van der Waals surface area contributed by atoms with E-state index in [0.717, 1.165) is 0 Å². The molecule has 3 aromatic rings. The second-order valence-corrected chi connectivity index (χ2v) is 5.30. The summed E-state index contributed by atoms with van der Waals surface area (Å²) in [5.41, 5.74) is 4.12. The minimum Gasteiger partial charge on any atom is -0.143 e. The molecule has 0 bridgehead atoms. The highest BCUT2D eigenvalue weighted by molar-refractivity contribution is 7.15. The van der Waals surface area contributed by atoms with Crippen molar-refractivity contribution in [2.75, 3.05) is 0 Å². The van der Waals surface area contributed by atoms with Gasteiger partial charge in [0.05, 0.1) is 0 Å². The fraction of sp³-hybridized carbons (Fsp3) is 0.125. The molecule has 0 aliphatic rings. The third-order valence-corrected chi connectivity index (χ3v) is 4.25. The third-order valence-electron chi connectivity index (χ3n) is 3.22. The molecule has 84 valence electrons. The Morgan fingerprint density at radius 3 is 2.29 bits per heavy atom. The molecule has 3 rings (SSSR count). The molecule has 0 nitrogen and oxygen atoms in total. The quantitative estimate of drug-likeness (QED) is 0.547. The van der Waals surface area contributed by atoms with Crippen LogP contribution in [0.3, 0.4) is 0 Å². The summed E-state index contributed by atoms with van der Waals surface area (Å²) in [5.74, 6) is 0. The van der Waals surface area contributed by atoms with E-state index in [1.807, 2.05) is 11.3 Å². The van der Waals surface area contributed by atoms with Gasteiger partial charge in [-0.3, -0.25) is 0 Å². The van der Waals surface area contributed by atoms with Crippen LogP contribution in [0.1, 0.15) is 11.1 Å². The van der Waals surface area contributed by atoms with Gasteiger partial charge in [0.15, 0.2) is 0 Å². The van der Waals surface area contributed by atoms with Gasteiger partial charge < -0.3 is 0 Å². The van der Waals surface area contributed by atoms with Gasteiger partial charge in [0.2, 0.25) is 0 Å². The number of hydrogen-bond donors (Lipinski definition) is 0. The van der Waals surface area contributed by atoms with Crippen molar-refractivity contribution in [1.82, 2.24) is 0 Å². The molecular formula is C16H14S. The van der Waals surface area contributed by atoms with Crippen molar-refractivity contribution in [2.24, 2.45) is 0 Å². The van der Waals surface area contributed by atoms with Crippen LogP contribution in [0.2, 0.25) is 0 Å². The van der Waals surface area contributed by atoms with Gasteiger partial charge in [0.25, 0.3) is 0 Å². The molecule has 1 heterocycles. The molecule has 0 saturated carbocycles. The van der Waals surface area contributed by atoms with E-state index in [-0.39, 0.29) is 0 Å². The van der Waals surface area contributed by atoms with Crippen molar-refractivity contribution in [3.8, 4) is 10.4 Å². The Labute approximate surface area is 106 Å². The maximum atomic E-state index is 2.25. The predicted octanol–water partition coefficient (Wildman–Crippen LogP) is 5.19. The molecule has 0 aliphatic heterocycles. The van der Waals surface area contributed by atoms with Crippen LogP contribution in [0, 0.1) is 13.8 Å². The van der Waals surface area contributed by atoms with Crippen molar-refractivity contribution in [1.29, 1.82) is 0 Å². The lowest BCUT2D eigenvalue weighted by Gasteiger charge is -2.08. The van der Waals surface area contributed by atoms with Crippen molar-refractivity contribution in [3.63, 3.8) is 0 Å². The lowest BCUT2D eigenvalue weighted by atomic mass is 9.99. The molecule has 0 fully saturated rings. The van der Waals surface area contributed by atoms with Gasteiger partial charge in [-0.1, -0.05) is 42.5 Å². The molecule has 0 atom stereocenters. The maximum Gasteiger partial charge on any atom is 0.0426 e. The van der Waals surface area contributed by atoms with Gasteiger partial charge in [-0.25, -0.2) is 0 Å². The summed E-state index contributed by atoms with van der Waals surface area (Å²) in [5, 5.41) is 4.96. The topological polar surface area (TPSA) is 0 Å². The molecule has 0 unspecified atom stereocenters. The Morgan fingerprint density at radius 1 is 0.824 bits per heavy atom. The van der Waals surface area contributed by atoms with Crippen molar-refractivity contribution in [2.45, 2.75) is 13.8 Å². The molecule has 0 saturated heterocycles. The van der Waals surface area contributed by atoms with E-state index >= 15 is 0 Å². The zero-order chi connectivity index (χ0) is 11.8. The van der Waals surface area contributed by atoms with Crippen LogP contribution < -0.4 is 0 Å². The van der Waals surface area contributed by atoms with Crippen LogP contribution in [0.4, 0.5) is 0 Å². The second kappa shape index (κ2) is 4.01. The molecule has 2 aromatic carbocycles. The second-order valence-electron chi connectivity index (χ2n) is 4.42. The lowest BCUT2D eigenvalue weighted by molar-refractivity contribution is 1.40. The largest absolute Gasteiger partial charge is 0.143 e. The van der Waals surface area contributed by atoms with E-state index in [4.69, 9.17) is 0 Å². The molecule has 0 aliphatic carbocycles. The Kier molecular flexibility index (Phi) is 2.49. The van der Waals surface area contributed by atoms with E-state index in [2.05, 4.69) is 61.7 Å². The van der Waals surface area contributed by atoms with E-state index in [0.29, 0.717) is 0 Å². The highest BCUT2D eigenvalue weighted by Crippen LogP contribution is 2.38. The number of aryl methyl sites for hydroxylation is 2. The van der Waals surface area contributed by atoms with Crippen molar-refractivity contribution in [3.05, 3.63) is 59.0 Å². The molecule has 0 N–H and O–H groups in total. The smallest absolute Gasteiger partial charge is 0.0426 e. The normalized spacial score (nSPS) is 10.9. The lowest BCUT2D eigenvalue weighted by Crippen LogP contribution is -1.85. The molecule has 1 aromatic heterocycles. The third kappa shape index (κ3) is 1.67. The predicted molar refractivity (Wildman–Crippen MR) is 76.7 cm³/mol. The Hall–Kier alpha value is -1.60. The first-order chi connectivity index (χ1) is 8.27. The molecule has 1 heteroatoms. The molecule has 17 heavy (non-hydrogen) atoms. The average Bonchev–Trinajstić information content (AvgIpc) is 2.73. The number of thiophene rings is 1. The fourth-order valence-corrected chi connectivity index (χ4v) is 3.56. The minimum atomic E-state index is 1.34. The summed E-state index contributed by atoms with van der Waals surface area (Å²) in [4.78, 5) is 1.40. The van der Waals surface area contributed by atoms with Gasteiger partial charge in [0, 0.05) is 10.3 Å². The average molecular weight is 238 g/mol. The van der Waals surface area contributed by atoms with Crippen LogP contribution >= 0.6 is 11.3 Å². The summed E-state index contributed by atoms with van der Waals surface area (Å²) in [6.45, 7) is 4.38. The highest BCUT2D eigenvalue weighted by atomic mass is 32.1. The number of rotatable bonds is 1. The van der Waals surface area contributed by atoms with Crippen LogP contribution in [0.5, 0.6) is 0 Å². The van der Waals surface area contributed by atoms with E-state index in [9.17, 15) is 0 Å². The number of fused-ring (bicyclic) bond motifs is 1. The van der Waals surface area contributed by atoms with Crippen LogP contribution in [0.15, 0.2) is 47.8 Å². The van der Waals surface area contributed by atoms with Crippen LogP contribution in [-0.2, 0) is 0 Å². The monoisotopic (exact) mass is 238 g/mol. The Balaban J connectivity index is 2.35. The summed E-state index contributed by atoms with van der Waals surface area (Å²) < 4.78 is 0. The SMILES string of the molecule is Cc1cccc(C)c1-c1scc2ccccc12. The van der Waals surface area contributed by atoms with Crippen LogP contribution in [-0.4, -0.2) is 0 Å². The zero-order valence-electron chi connectivity index (χ0n) is 10.0. The van der Waals surface area contributed by atoms with Gasteiger partial charge in [-0.2, -0.15) is 0 Å². The van der Waals surface area contributed by atoms with Crippen LogP contribution in [0.25, 0.3) is 21.2 Å². The van der Waals surface area contributed by atoms with Crippen molar-refractivity contribution >= 4 is 22.1 Å². The first-order valence-corrected chi connectivity index (χ1v) is 6.68. The molecule has 0 spiro atoms. The Bertz CT molecular complexity index is 657. The van der Waals surface area contributed by atoms with Gasteiger partial charge in [-0.05, 0) is 41.3 Å². The fourth-order valence-electron chi connectivity index (χ4n) is 2.36. The first-order valence-electron chi connectivity index (χ1n) is 5.80. The standard InChI is InChI=1S/C16H14S/c1-11-6-5-7-12(2)15(11)16-14-9-4-3-8-13(14)10-17-16/h3-10H,1-2H3. The van der Waals surface area contributed by atoms with E-state index in [1.54, 1.807) is 0 Å². The summed E-state index contributed by atoms with van der Waals surface area (Å²) in [7, 11) is 0. The van der Waals surface area contributed by atoms with Gasteiger partial charge in [0.1, 0.15) is 0 Å². The Morgan fingerprint density at radius 2 is 1.53 bits per heavy atom. The number of benzene rings is 2. The van der Waals surface area contributed by atoms with E-state index < -0.39 is 0 Å². The zero-order valence-corrected chi connectivity index (χ0v) is 10.8. The maximum absolute atomic E-state index is 2.25. The summed E-state index contributed by atoms with van der Waals surface area (Å²) >= 11 is 1.84. The molecule has 0 radical (unpaired) electrons. The summed E-state index contributed by atoms with van der Waals surface area (Å²) in [6.07, 6.45) is 0. The molecular weight excluding hydrogens is 224 g/mol. The molecule has 0 amide bonds. The van der Waals surface area contributed by atoms with Crippen molar-refractivity contribution < 1.29 is 0 Å². The highest BCUT2D eigenvalue weighted by Gasteiger charge is 2.10. The number of hydrogen-bond acceptors (Lipinski definition) is 1. The first kappa shape index (κ1) is 10.5. The minimum absolute atomic E-state index is 1.34. The van der Waals surface area contributed by atoms with Gasteiger partial charge >= 0.3 is 0 Å². The van der Waals surface area contributed by atoms with Gasteiger partial charge in [-0.15, -0.1) is 11.3 Å². The van der Waals surface area contributed by atoms with E-state index in [1.165, 1.54) is 32.3 Å².